The number of carbonyl (C=O) groups is 1. The van der Waals surface area contributed by atoms with E-state index in [-0.39, 0.29) is 43.0 Å². The van der Waals surface area contributed by atoms with Crippen molar-refractivity contribution in [1.29, 1.82) is 5.26 Å². The van der Waals surface area contributed by atoms with Gasteiger partial charge in [-0.2, -0.15) is 5.26 Å². The number of hydrogen-bond acceptors (Lipinski definition) is 6. The fraction of sp³-hybridized carbons (Fsp3) is 0.261. The molecule has 0 aliphatic carbocycles. The zero-order valence-electron chi connectivity index (χ0n) is 16.9. The fourth-order valence-electron chi connectivity index (χ4n) is 3.84. The first-order chi connectivity index (χ1) is 15.4. The van der Waals surface area contributed by atoms with Gasteiger partial charge in [-0.15, -0.1) is 0 Å². The summed E-state index contributed by atoms with van der Waals surface area (Å²) in [5.41, 5.74) is -0.997. The highest BCUT2D eigenvalue weighted by atomic mass is 19.1. The summed E-state index contributed by atoms with van der Waals surface area (Å²) < 4.78 is 29.8. The van der Waals surface area contributed by atoms with Crippen molar-refractivity contribution in [2.75, 3.05) is 13.1 Å². The number of carbonyl (C=O) groups excluding carboxylic acids is 1. The molecule has 0 saturated carbocycles. The standard InChI is InChI=1S/C23H19F2N5O2/c24-18-12-15(13-26)3-4-16(18)21(31)23(25)6-10-30(11-7-23)22(32)17-2-1-8-28-20(17)19-5-9-27-14-29-19/h1-5,8-9,12,14,21,31H,6-7,10-11H2/t21-/m1/s1. The van der Waals surface area contributed by atoms with Crippen molar-refractivity contribution in [2.24, 2.45) is 0 Å². The van der Waals surface area contributed by atoms with Gasteiger partial charge in [0.05, 0.1) is 22.9 Å². The Morgan fingerprint density at radius 1 is 1.19 bits per heavy atom. The van der Waals surface area contributed by atoms with Crippen LogP contribution < -0.4 is 0 Å². The van der Waals surface area contributed by atoms with Crippen molar-refractivity contribution in [3.8, 4) is 17.5 Å². The van der Waals surface area contributed by atoms with E-state index in [0.29, 0.717) is 17.0 Å². The molecule has 0 spiro atoms. The summed E-state index contributed by atoms with van der Waals surface area (Å²) in [5.74, 6) is -1.16. The van der Waals surface area contributed by atoms with E-state index < -0.39 is 17.6 Å². The van der Waals surface area contributed by atoms with Gasteiger partial charge in [-0.3, -0.25) is 9.78 Å². The van der Waals surface area contributed by atoms with Gasteiger partial charge >= 0.3 is 0 Å². The van der Waals surface area contributed by atoms with Gasteiger partial charge in [0.15, 0.2) is 0 Å². The third-order valence-electron chi connectivity index (χ3n) is 5.66. The Morgan fingerprint density at radius 2 is 1.97 bits per heavy atom. The highest BCUT2D eigenvalue weighted by molar-refractivity contribution is 5.99. The van der Waals surface area contributed by atoms with Gasteiger partial charge < -0.3 is 10.0 Å². The molecule has 162 valence electrons. The van der Waals surface area contributed by atoms with Crippen LogP contribution in [0.3, 0.4) is 0 Å². The van der Waals surface area contributed by atoms with Crippen LogP contribution in [-0.2, 0) is 0 Å². The Bertz CT molecular complexity index is 1170. The summed E-state index contributed by atoms with van der Waals surface area (Å²) in [6.07, 6.45) is 2.43. The van der Waals surface area contributed by atoms with Crippen LogP contribution in [0, 0.1) is 17.1 Å². The SMILES string of the molecule is N#Cc1ccc([C@@H](O)C2(F)CCN(C(=O)c3cccnc3-c3ccncn3)CC2)c(F)c1. The highest BCUT2D eigenvalue weighted by Gasteiger charge is 2.44. The van der Waals surface area contributed by atoms with Crippen LogP contribution >= 0.6 is 0 Å². The zero-order valence-corrected chi connectivity index (χ0v) is 16.9. The largest absolute Gasteiger partial charge is 0.385 e. The Labute approximate surface area is 183 Å². The maximum absolute atomic E-state index is 15.5. The lowest BCUT2D eigenvalue weighted by Crippen LogP contribution is -2.47. The number of rotatable bonds is 4. The number of pyridine rings is 1. The number of alkyl halides is 1. The molecule has 0 unspecified atom stereocenters. The maximum atomic E-state index is 15.5. The summed E-state index contributed by atoms with van der Waals surface area (Å²) in [5, 5.41) is 19.4. The molecule has 0 radical (unpaired) electrons. The molecule has 1 aromatic carbocycles. The first kappa shape index (κ1) is 21.5. The summed E-state index contributed by atoms with van der Waals surface area (Å²) in [7, 11) is 0. The van der Waals surface area contributed by atoms with E-state index in [0.717, 1.165) is 6.07 Å². The predicted molar refractivity (Wildman–Crippen MR) is 110 cm³/mol. The van der Waals surface area contributed by atoms with E-state index in [9.17, 15) is 14.3 Å². The number of halogens is 2. The normalized spacial score (nSPS) is 16.2. The van der Waals surface area contributed by atoms with Crippen molar-refractivity contribution in [3.63, 3.8) is 0 Å². The van der Waals surface area contributed by atoms with Gasteiger partial charge in [0.25, 0.3) is 5.91 Å². The first-order valence-electron chi connectivity index (χ1n) is 10.00. The number of amides is 1. The number of piperidine rings is 1. The minimum Gasteiger partial charge on any atom is -0.385 e. The third-order valence-corrected chi connectivity index (χ3v) is 5.66. The molecule has 1 aliphatic heterocycles. The third kappa shape index (κ3) is 4.05. The lowest BCUT2D eigenvalue weighted by molar-refractivity contribution is -0.0496. The molecule has 4 rings (SSSR count). The van der Waals surface area contributed by atoms with Crippen LogP contribution in [0.1, 0.15) is 40.4 Å². The number of nitriles is 1. The number of nitrogens with zero attached hydrogens (tertiary/aromatic N) is 5. The topological polar surface area (TPSA) is 103 Å². The number of benzene rings is 1. The molecule has 1 saturated heterocycles. The van der Waals surface area contributed by atoms with Crippen molar-refractivity contribution >= 4 is 5.91 Å². The monoisotopic (exact) mass is 435 g/mol. The molecule has 1 aliphatic rings. The molecule has 1 amide bonds. The first-order valence-corrected chi connectivity index (χ1v) is 10.00. The van der Waals surface area contributed by atoms with Crippen molar-refractivity contribution in [3.05, 3.63) is 77.6 Å². The molecule has 3 heterocycles. The Morgan fingerprint density at radius 3 is 2.62 bits per heavy atom. The number of aliphatic hydroxyl groups is 1. The molecule has 7 nitrogen and oxygen atoms in total. The minimum absolute atomic E-state index is 0.0440. The lowest BCUT2D eigenvalue weighted by Gasteiger charge is -2.39. The van der Waals surface area contributed by atoms with Gasteiger partial charge in [-0.25, -0.2) is 18.7 Å². The zero-order chi connectivity index (χ0) is 22.7. The molecule has 1 N–H and O–H groups in total. The molecule has 0 bridgehead atoms. The van der Waals surface area contributed by atoms with Gasteiger partial charge in [0.1, 0.15) is 29.6 Å². The maximum Gasteiger partial charge on any atom is 0.256 e. The average Bonchev–Trinajstić information content (AvgIpc) is 2.84. The predicted octanol–water partition coefficient (Wildman–Crippen LogP) is 3.23. The van der Waals surface area contributed by atoms with Crippen molar-refractivity contribution in [1.82, 2.24) is 19.9 Å². The minimum atomic E-state index is -2.10. The van der Waals surface area contributed by atoms with E-state index >= 15 is 4.39 Å². The molecule has 9 heteroatoms. The van der Waals surface area contributed by atoms with E-state index in [1.54, 1.807) is 36.7 Å². The molecular formula is C23H19F2N5O2. The Hall–Kier alpha value is -3.77. The second-order valence-corrected chi connectivity index (χ2v) is 7.57. The molecule has 2 aromatic heterocycles. The van der Waals surface area contributed by atoms with Crippen LogP contribution in [-0.4, -0.2) is 49.6 Å². The second kappa shape index (κ2) is 8.77. The van der Waals surface area contributed by atoms with Gasteiger partial charge in [-0.1, -0.05) is 6.07 Å². The second-order valence-electron chi connectivity index (χ2n) is 7.57. The number of hydrogen-bond donors (Lipinski definition) is 1. The number of aliphatic hydroxyl groups excluding tert-OH is 1. The summed E-state index contributed by atoms with van der Waals surface area (Å²) in [6, 6.07) is 10.2. The highest BCUT2D eigenvalue weighted by Crippen LogP contribution is 2.40. The smallest absolute Gasteiger partial charge is 0.256 e. The Kier molecular flexibility index (Phi) is 5.88. The van der Waals surface area contributed by atoms with Crippen LogP contribution in [0.25, 0.3) is 11.4 Å². The van der Waals surface area contributed by atoms with Gasteiger partial charge in [0, 0.05) is 43.9 Å². The van der Waals surface area contributed by atoms with Crippen molar-refractivity contribution in [2.45, 2.75) is 24.6 Å². The molecule has 3 aromatic rings. The lowest BCUT2D eigenvalue weighted by atomic mass is 9.83. The van der Waals surface area contributed by atoms with Crippen LogP contribution in [0.15, 0.2) is 55.1 Å². The molecule has 32 heavy (non-hydrogen) atoms. The van der Waals surface area contributed by atoms with Crippen LogP contribution in [0.2, 0.25) is 0 Å². The van der Waals surface area contributed by atoms with E-state index in [2.05, 4.69) is 15.0 Å². The van der Waals surface area contributed by atoms with E-state index in [1.165, 1.54) is 23.4 Å². The van der Waals surface area contributed by atoms with E-state index in [4.69, 9.17) is 5.26 Å². The fourth-order valence-corrected chi connectivity index (χ4v) is 3.84. The summed E-state index contributed by atoms with van der Waals surface area (Å²) >= 11 is 0. The van der Waals surface area contributed by atoms with E-state index in [1.807, 2.05) is 0 Å². The number of likely N-dealkylation sites (tertiary alicyclic amines) is 1. The average molecular weight is 435 g/mol. The summed E-state index contributed by atoms with van der Waals surface area (Å²) in [4.78, 5) is 26.9. The molecule has 1 fully saturated rings. The van der Waals surface area contributed by atoms with Crippen LogP contribution in [0.5, 0.6) is 0 Å². The molecular weight excluding hydrogens is 416 g/mol. The van der Waals surface area contributed by atoms with Gasteiger partial charge in [0.2, 0.25) is 0 Å². The summed E-state index contributed by atoms with van der Waals surface area (Å²) in [6.45, 7) is 0.0881. The van der Waals surface area contributed by atoms with Gasteiger partial charge in [-0.05, 0) is 30.3 Å². The van der Waals surface area contributed by atoms with Crippen LogP contribution in [0.4, 0.5) is 8.78 Å². The number of aromatic nitrogens is 3. The van der Waals surface area contributed by atoms with Crippen molar-refractivity contribution < 1.29 is 18.7 Å². The molecule has 1 atom stereocenters. The Balaban J connectivity index is 1.51. The quantitative estimate of drug-likeness (QED) is 0.675.